The molecular weight excluding hydrogens is 236 g/mol. The summed E-state index contributed by atoms with van der Waals surface area (Å²) in [5.74, 6) is -0.174. The van der Waals surface area contributed by atoms with Crippen molar-refractivity contribution in [3.8, 4) is 0 Å². The largest absolute Gasteiger partial charge is 0.356 e. The van der Waals surface area contributed by atoms with Crippen LogP contribution in [0.4, 0.5) is 0 Å². The first-order chi connectivity index (χ1) is 7.66. The predicted molar refractivity (Wildman–Crippen MR) is 73.1 cm³/mol. The van der Waals surface area contributed by atoms with Crippen molar-refractivity contribution in [2.75, 3.05) is 6.54 Å². The molecule has 17 heavy (non-hydrogen) atoms. The lowest BCUT2D eigenvalue weighted by Crippen LogP contribution is -2.35. The second-order valence-electron chi connectivity index (χ2n) is 4.02. The third-order valence-electron chi connectivity index (χ3n) is 2.69. The van der Waals surface area contributed by atoms with Gasteiger partial charge in [0.05, 0.1) is 5.92 Å². The monoisotopic (exact) mass is 256 g/mol. The van der Waals surface area contributed by atoms with Gasteiger partial charge in [0.2, 0.25) is 5.91 Å². The van der Waals surface area contributed by atoms with Crippen molar-refractivity contribution in [2.24, 2.45) is 11.7 Å². The average Bonchev–Trinajstić information content (AvgIpc) is 2.35. The lowest BCUT2D eigenvalue weighted by atomic mass is 9.95. The highest BCUT2D eigenvalue weighted by Gasteiger charge is 2.21. The number of nitrogens with one attached hydrogen (secondary N) is 1. The van der Waals surface area contributed by atoms with Crippen molar-refractivity contribution >= 4 is 18.3 Å². The Bertz CT molecular complexity index is 329. The summed E-state index contributed by atoms with van der Waals surface area (Å²) in [4.78, 5) is 11.7. The van der Waals surface area contributed by atoms with E-state index >= 15 is 0 Å². The second kappa shape index (κ2) is 8.09. The van der Waals surface area contributed by atoms with Gasteiger partial charge in [0.1, 0.15) is 0 Å². The van der Waals surface area contributed by atoms with E-state index in [4.69, 9.17) is 5.73 Å². The number of nitrogens with two attached hydrogens (primary N) is 1. The van der Waals surface area contributed by atoms with E-state index in [1.807, 2.05) is 44.2 Å². The standard InChI is InChI=1S/C13H20N2O.ClH/c1-3-9-15-13(16)10(2)12(14)11-7-5-4-6-8-11;/h4-8,10,12H,3,9,14H2,1-2H3,(H,15,16);1H. The summed E-state index contributed by atoms with van der Waals surface area (Å²) in [5.41, 5.74) is 7.05. The minimum Gasteiger partial charge on any atom is -0.356 e. The van der Waals surface area contributed by atoms with Gasteiger partial charge in [-0.3, -0.25) is 4.79 Å². The van der Waals surface area contributed by atoms with Gasteiger partial charge in [-0.05, 0) is 12.0 Å². The number of rotatable bonds is 5. The number of amides is 1. The molecule has 0 bridgehead atoms. The van der Waals surface area contributed by atoms with Gasteiger partial charge in [-0.1, -0.05) is 44.2 Å². The third kappa shape index (κ3) is 4.75. The fourth-order valence-electron chi connectivity index (χ4n) is 1.54. The summed E-state index contributed by atoms with van der Waals surface area (Å²) < 4.78 is 0. The van der Waals surface area contributed by atoms with Crippen molar-refractivity contribution < 1.29 is 4.79 Å². The zero-order valence-electron chi connectivity index (χ0n) is 10.3. The molecule has 4 heteroatoms. The maximum absolute atomic E-state index is 11.7. The molecule has 2 atom stereocenters. The zero-order valence-corrected chi connectivity index (χ0v) is 11.2. The number of hydrogen-bond acceptors (Lipinski definition) is 2. The summed E-state index contributed by atoms with van der Waals surface area (Å²) >= 11 is 0. The van der Waals surface area contributed by atoms with Crippen LogP contribution in [0.25, 0.3) is 0 Å². The molecule has 1 rings (SSSR count). The van der Waals surface area contributed by atoms with Crippen molar-refractivity contribution in [3.63, 3.8) is 0 Å². The lowest BCUT2D eigenvalue weighted by Gasteiger charge is -2.19. The Labute approximate surface area is 109 Å². The highest BCUT2D eigenvalue weighted by atomic mass is 35.5. The molecule has 2 unspecified atom stereocenters. The Kier molecular flexibility index (Phi) is 7.59. The van der Waals surface area contributed by atoms with E-state index in [0.29, 0.717) is 6.54 Å². The number of benzene rings is 1. The average molecular weight is 257 g/mol. The van der Waals surface area contributed by atoms with Gasteiger partial charge < -0.3 is 11.1 Å². The highest BCUT2D eigenvalue weighted by molar-refractivity contribution is 5.85. The van der Waals surface area contributed by atoms with E-state index in [0.717, 1.165) is 12.0 Å². The van der Waals surface area contributed by atoms with Crippen molar-refractivity contribution in [1.82, 2.24) is 5.32 Å². The molecule has 0 aliphatic carbocycles. The molecule has 0 saturated carbocycles. The van der Waals surface area contributed by atoms with E-state index < -0.39 is 0 Å². The Morgan fingerprint density at radius 3 is 2.47 bits per heavy atom. The third-order valence-corrected chi connectivity index (χ3v) is 2.69. The van der Waals surface area contributed by atoms with Crippen LogP contribution in [0.1, 0.15) is 31.9 Å². The maximum Gasteiger partial charge on any atom is 0.224 e. The van der Waals surface area contributed by atoms with Crippen LogP contribution < -0.4 is 11.1 Å². The quantitative estimate of drug-likeness (QED) is 0.849. The summed E-state index contributed by atoms with van der Waals surface area (Å²) in [5, 5.41) is 2.86. The zero-order chi connectivity index (χ0) is 12.0. The SMILES string of the molecule is CCCNC(=O)C(C)C(N)c1ccccc1.Cl. The van der Waals surface area contributed by atoms with Crippen LogP contribution in [0.3, 0.4) is 0 Å². The highest BCUT2D eigenvalue weighted by Crippen LogP contribution is 2.18. The Hall–Kier alpha value is -1.06. The Balaban J connectivity index is 0.00000256. The summed E-state index contributed by atoms with van der Waals surface area (Å²) in [6.45, 7) is 4.61. The molecule has 96 valence electrons. The summed E-state index contributed by atoms with van der Waals surface area (Å²) in [6.07, 6.45) is 0.943. The fraction of sp³-hybridized carbons (Fsp3) is 0.462. The van der Waals surface area contributed by atoms with Crippen LogP contribution in [-0.2, 0) is 4.79 Å². The molecule has 0 aromatic heterocycles. The molecule has 1 aromatic carbocycles. The first kappa shape index (κ1) is 15.9. The van der Waals surface area contributed by atoms with Gasteiger partial charge in [0.25, 0.3) is 0 Å². The molecule has 0 spiro atoms. The molecule has 0 heterocycles. The first-order valence-electron chi connectivity index (χ1n) is 5.75. The van der Waals surface area contributed by atoms with Gasteiger partial charge >= 0.3 is 0 Å². The number of halogens is 1. The smallest absolute Gasteiger partial charge is 0.224 e. The Morgan fingerprint density at radius 2 is 1.94 bits per heavy atom. The van der Waals surface area contributed by atoms with E-state index in [1.165, 1.54) is 0 Å². The van der Waals surface area contributed by atoms with E-state index in [-0.39, 0.29) is 30.3 Å². The van der Waals surface area contributed by atoms with Crippen molar-refractivity contribution in [2.45, 2.75) is 26.3 Å². The van der Waals surface area contributed by atoms with Crippen LogP contribution in [0.15, 0.2) is 30.3 Å². The van der Waals surface area contributed by atoms with Gasteiger partial charge in [-0.2, -0.15) is 0 Å². The van der Waals surface area contributed by atoms with Gasteiger partial charge in [0.15, 0.2) is 0 Å². The molecule has 0 aliphatic rings. The van der Waals surface area contributed by atoms with E-state index in [1.54, 1.807) is 0 Å². The molecule has 0 saturated heterocycles. The van der Waals surface area contributed by atoms with Gasteiger partial charge in [0, 0.05) is 12.6 Å². The van der Waals surface area contributed by atoms with Gasteiger partial charge in [-0.25, -0.2) is 0 Å². The van der Waals surface area contributed by atoms with Crippen LogP contribution >= 0.6 is 12.4 Å². The van der Waals surface area contributed by atoms with Crippen LogP contribution in [0.2, 0.25) is 0 Å². The molecular formula is C13H21ClN2O. The maximum atomic E-state index is 11.7. The molecule has 1 aromatic rings. The summed E-state index contributed by atoms with van der Waals surface area (Å²) in [6, 6.07) is 9.48. The number of hydrogen-bond donors (Lipinski definition) is 2. The second-order valence-corrected chi connectivity index (χ2v) is 4.02. The molecule has 0 fully saturated rings. The first-order valence-corrected chi connectivity index (χ1v) is 5.75. The molecule has 3 N–H and O–H groups in total. The van der Waals surface area contributed by atoms with Gasteiger partial charge in [-0.15, -0.1) is 12.4 Å². The topological polar surface area (TPSA) is 55.1 Å². The van der Waals surface area contributed by atoms with Crippen LogP contribution in [0, 0.1) is 5.92 Å². The number of carbonyl (C=O) groups excluding carboxylic acids is 1. The minimum absolute atomic E-state index is 0. The molecule has 0 radical (unpaired) electrons. The van der Waals surface area contributed by atoms with E-state index in [9.17, 15) is 4.79 Å². The van der Waals surface area contributed by atoms with Crippen molar-refractivity contribution in [3.05, 3.63) is 35.9 Å². The molecule has 1 amide bonds. The predicted octanol–water partition coefficient (Wildman–Crippen LogP) is 2.27. The Morgan fingerprint density at radius 1 is 1.35 bits per heavy atom. The van der Waals surface area contributed by atoms with Crippen LogP contribution in [0.5, 0.6) is 0 Å². The minimum atomic E-state index is -0.238. The van der Waals surface area contributed by atoms with E-state index in [2.05, 4.69) is 5.32 Å². The molecule has 0 aliphatic heterocycles. The summed E-state index contributed by atoms with van der Waals surface area (Å²) in [7, 11) is 0. The van der Waals surface area contributed by atoms with Crippen LogP contribution in [-0.4, -0.2) is 12.5 Å². The molecule has 3 nitrogen and oxygen atoms in total. The normalized spacial score (nSPS) is 13.4. The number of carbonyl (C=O) groups is 1. The lowest BCUT2D eigenvalue weighted by molar-refractivity contribution is -0.125. The fourth-order valence-corrected chi connectivity index (χ4v) is 1.54. The van der Waals surface area contributed by atoms with Crippen molar-refractivity contribution in [1.29, 1.82) is 0 Å².